The van der Waals surface area contributed by atoms with Gasteiger partial charge in [0, 0.05) is 18.1 Å². The number of ether oxygens (including phenoxy) is 2. The summed E-state index contributed by atoms with van der Waals surface area (Å²) < 4.78 is 11.7. The Hall–Kier alpha value is -1.83. The zero-order valence-electron chi connectivity index (χ0n) is 15.5. The lowest BCUT2D eigenvalue weighted by Crippen LogP contribution is -2.34. The Labute approximate surface area is 176 Å². The topological polar surface area (TPSA) is 51.7 Å². The van der Waals surface area contributed by atoms with Crippen molar-refractivity contribution in [2.45, 2.75) is 19.3 Å². The zero-order chi connectivity index (χ0) is 19.5. The normalized spacial score (nSPS) is 15.1. The van der Waals surface area contributed by atoms with Crippen LogP contribution in [0.25, 0.3) is 10.2 Å². The van der Waals surface area contributed by atoms with Crippen LogP contribution in [0.5, 0.6) is 5.06 Å². The maximum absolute atomic E-state index is 11.5. The van der Waals surface area contributed by atoms with Crippen LogP contribution in [0.15, 0.2) is 30.3 Å². The van der Waals surface area contributed by atoms with Crippen LogP contribution in [0.4, 0.5) is 5.13 Å². The smallest absolute Gasteiger partial charge is 0.348 e. The van der Waals surface area contributed by atoms with Gasteiger partial charge in [0.2, 0.25) is 0 Å². The number of hydrogen-bond acceptors (Lipinski definition) is 7. The van der Waals surface area contributed by atoms with Gasteiger partial charge >= 0.3 is 5.97 Å². The molecule has 1 aromatic carbocycles. The Balaban J connectivity index is 1.25. The Bertz CT molecular complexity index is 963. The summed E-state index contributed by atoms with van der Waals surface area (Å²) in [5, 5.41) is 2.61. The SMILES string of the molecule is COC(=O)c1ccc(OCCC2CCN(c3nc4ccc(Cl)cc4s3)CC2)s1. The van der Waals surface area contributed by atoms with Crippen LogP contribution in [0.2, 0.25) is 5.02 Å². The van der Waals surface area contributed by atoms with E-state index < -0.39 is 0 Å². The van der Waals surface area contributed by atoms with E-state index in [-0.39, 0.29) is 5.97 Å². The number of hydrogen-bond donors (Lipinski definition) is 0. The van der Waals surface area contributed by atoms with Crippen molar-refractivity contribution in [3.63, 3.8) is 0 Å². The van der Waals surface area contributed by atoms with Crippen LogP contribution >= 0.6 is 34.3 Å². The number of nitrogens with zero attached hydrogens (tertiary/aromatic N) is 2. The summed E-state index contributed by atoms with van der Waals surface area (Å²) >= 11 is 9.12. The Morgan fingerprint density at radius 2 is 2.07 bits per heavy atom. The fraction of sp³-hybridized carbons (Fsp3) is 0.400. The Morgan fingerprint density at radius 3 is 2.86 bits per heavy atom. The Morgan fingerprint density at radius 1 is 1.25 bits per heavy atom. The van der Waals surface area contributed by atoms with Crippen molar-refractivity contribution in [2.75, 3.05) is 31.7 Å². The van der Waals surface area contributed by atoms with Crippen LogP contribution in [0.3, 0.4) is 0 Å². The second-order valence-electron chi connectivity index (χ2n) is 6.79. The third kappa shape index (κ3) is 4.42. The van der Waals surface area contributed by atoms with Gasteiger partial charge in [0.05, 0.1) is 23.9 Å². The quantitative estimate of drug-likeness (QED) is 0.478. The summed E-state index contributed by atoms with van der Waals surface area (Å²) in [6, 6.07) is 9.44. The summed E-state index contributed by atoms with van der Waals surface area (Å²) in [7, 11) is 1.39. The molecule has 0 aliphatic carbocycles. The molecule has 1 fully saturated rings. The number of halogens is 1. The molecule has 0 spiro atoms. The highest BCUT2D eigenvalue weighted by atomic mass is 35.5. The average Bonchev–Trinajstić information content (AvgIpc) is 3.34. The first-order valence-corrected chi connectivity index (χ1v) is 11.3. The number of carbonyl (C=O) groups excluding carboxylic acids is 1. The molecule has 3 aromatic rings. The van der Waals surface area contributed by atoms with Gasteiger partial charge in [-0.3, -0.25) is 0 Å². The van der Waals surface area contributed by atoms with Crippen molar-refractivity contribution < 1.29 is 14.3 Å². The van der Waals surface area contributed by atoms with E-state index in [1.54, 1.807) is 17.4 Å². The van der Waals surface area contributed by atoms with Crippen molar-refractivity contribution in [1.29, 1.82) is 0 Å². The van der Waals surface area contributed by atoms with Gasteiger partial charge in [-0.1, -0.05) is 34.3 Å². The van der Waals surface area contributed by atoms with Crippen molar-refractivity contribution in [3.05, 3.63) is 40.2 Å². The summed E-state index contributed by atoms with van der Waals surface area (Å²) in [6.07, 6.45) is 3.30. The monoisotopic (exact) mass is 436 g/mol. The van der Waals surface area contributed by atoms with Gasteiger partial charge in [-0.25, -0.2) is 9.78 Å². The van der Waals surface area contributed by atoms with Gasteiger partial charge in [0.1, 0.15) is 4.88 Å². The largest absolute Gasteiger partial charge is 0.484 e. The molecule has 5 nitrogen and oxygen atoms in total. The number of thiazole rings is 1. The van der Waals surface area contributed by atoms with Crippen LogP contribution in [0.1, 0.15) is 28.9 Å². The van der Waals surface area contributed by atoms with Gasteiger partial charge in [-0.05, 0) is 55.5 Å². The van der Waals surface area contributed by atoms with Crippen molar-refractivity contribution >= 4 is 55.6 Å². The fourth-order valence-corrected chi connectivity index (χ4v) is 5.46. The molecular weight excluding hydrogens is 416 g/mol. The van der Waals surface area contributed by atoms with Crippen molar-refractivity contribution in [2.24, 2.45) is 5.92 Å². The molecule has 0 bridgehead atoms. The molecule has 1 saturated heterocycles. The maximum atomic E-state index is 11.5. The van der Waals surface area contributed by atoms with Crippen LogP contribution in [-0.4, -0.2) is 37.8 Å². The number of methoxy groups -OCH3 is 1. The number of thiophene rings is 1. The lowest BCUT2D eigenvalue weighted by Gasteiger charge is -2.31. The van der Waals surface area contributed by atoms with E-state index in [2.05, 4.69) is 4.90 Å². The number of rotatable bonds is 6. The predicted molar refractivity (Wildman–Crippen MR) is 115 cm³/mol. The molecule has 4 rings (SSSR count). The number of fused-ring (bicyclic) bond motifs is 1. The van der Waals surface area contributed by atoms with E-state index in [1.807, 2.05) is 24.3 Å². The number of benzene rings is 1. The molecule has 0 radical (unpaired) electrons. The third-order valence-electron chi connectivity index (χ3n) is 4.96. The number of piperidine rings is 1. The molecule has 0 atom stereocenters. The number of esters is 1. The van der Waals surface area contributed by atoms with E-state index in [0.717, 1.165) is 57.8 Å². The second kappa shape index (κ2) is 8.68. The Kier molecular flexibility index (Phi) is 6.04. The lowest BCUT2D eigenvalue weighted by molar-refractivity contribution is 0.0606. The van der Waals surface area contributed by atoms with Gasteiger partial charge < -0.3 is 14.4 Å². The standard InChI is InChI=1S/C20H21ClN2O3S2/c1-25-19(24)16-4-5-18(27-16)26-11-8-13-6-9-23(10-7-13)20-22-15-3-2-14(21)12-17(15)28-20/h2-5,12-13H,6-11H2,1H3. The van der Waals surface area contributed by atoms with E-state index >= 15 is 0 Å². The summed E-state index contributed by atoms with van der Waals surface area (Å²) in [6.45, 7) is 2.71. The van der Waals surface area contributed by atoms with Crippen molar-refractivity contribution in [1.82, 2.24) is 4.98 Å². The number of anilines is 1. The molecule has 0 amide bonds. The molecule has 0 unspecified atom stereocenters. The zero-order valence-corrected chi connectivity index (χ0v) is 17.9. The van der Waals surface area contributed by atoms with E-state index in [9.17, 15) is 4.79 Å². The maximum Gasteiger partial charge on any atom is 0.348 e. The molecule has 8 heteroatoms. The van der Waals surface area contributed by atoms with Gasteiger partial charge in [0.15, 0.2) is 10.2 Å². The van der Waals surface area contributed by atoms with Gasteiger partial charge in [0.25, 0.3) is 0 Å². The van der Waals surface area contributed by atoms with Gasteiger partial charge in [-0.15, -0.1) is 0 Å². The average molecular weight is 437 g/mol. The van der Waals surface area contributed by atoms with Crippen LogP contribution in [-0.2, 0) is 4.74 Å². The highest BCUT2D eigenvalue weighted by Crippen LogP contribution is 2.33. The first kappa shape index (κ1) is 19.5. The molecule has 1 aliphatic rings. The molecule has 0 N–H and O–H groups in total. The second-order valence-corrected chi connectivity index (χ2v) is 9.28. The van der Waals surface area contributed by atoms with E-state index in [4.69, 9.17) is 26.1 Å². The summed E-state index contributed by atoms with van der Waals surface area (Å²) in [5.74, 6) is 0.337. The van der Waals surface area contributed by atoms with Crippen LogP contribution in [0, 0.1) is 5.92 Å². The molecule has 0 saturated carbocycles. The van der Waals surface area contributed by atoms with Gasteiger partial charge in [-0.2, -0.15) is 0 Å². The minimum Gasteiger partial charge on any atom is -0.484 e. The molecule has 148 valence electrons. The van der Waals surface area contributed by atoms with E-state index in [0.29, 0.717) is 17.4 Å². The minimum atomic E-state index is -0.315. The summed E-state index contributed by atoms with van der Waals surface area (Å²) in [5.41, 5.74) is 1.02. The molecule has 2 aromatic heterocycles. The number of carbonyl (C=O) groups is 1. The first-order valence-electron chi connectivity index (χ1n) is 9.24. The fourth-order valence-electron chi connectivity index (χ4n) is 3.37. The molecule has 28 heavy (non-hydrogen) atoms. The molecule has 3 heterocycles. The third-order valence-corrected chi connectivity index (χ3v) is 7.25. The van der Waals surface area contributed by atoms with E-state index in [1.165, 1.54) is 18.4 Å². The predicted octanol–water partition coefficient (Wildman–Crippen LogP) is 5.48. The lowest BCUT2D eigenvalue weighted by atomic mass is 9.94. The van der Waals surface area contributed by atoms with Crippen LogP contribution < -0.4 is 9.64 Å². The number of aromatic nitrogens is 1. The molecule has 1 aliphatic heterocycles. The summed E-state index contributed by atoms with van der Waals surface area (Å²) in [4.78, 5) is 19.2. The highest BCUT2D eigenvalue weighted by Gasteiger charge is 2.22. The highest BCUT2D eigenvalue weighted by molar-refractivity contribution is 7.22. The minimum absolute atomic E-state index is 0.315. The molecular formula is C20H21ClN2O3S2. The van der Waals surface area contributed by atoms with Crippen molar-refractivity contribution in [3.8, 4) is 5.06 Å². The first-order chi connectivity index (χ1) is 13.6.